The molecule has 14 heteroatoms. The van der Waals surface area contributed by atoms with E-state index in [1.807, 2.05) is 0 Å². The van der Waals surface area contributed by atoms with Crippen LogP contribution < -0.4 is 5.32 Å². The predicted molar refractivity (Wildman–Crippen MR) is 124 cm³/mol. The Balaban J connectivity index is 1.72. The minimum absolute atomic E-state index is 0.0776. The fourth-order valence-corrected chi connectivity index (χ4v) is 4.87. The Hall–Kier alpha value is -0.820. The lowest BCUT2D eigenvalue weighted by molar-refractivity contribution is -0.303. The van der Waals surface area contributed by atoms with Crippen LogP contribution in [0.25, 0.3) is 0 Å². The minimum Gasteiger partial charge on any atom is -0.396 e. The summed E-state index contributed by atoms with van der Waals surface area (Å²) in [5.41, 5.74) is 0.0776. The van der Waals surface area contributed by atoms with E-state index in [4.69, 9.17) is 18.9 Å². The smallest absolute Gasteiger partial charge is 0.186 e. The third-order valence-electron chi connectivity index (χ3n) is 7.07. The van der Waals surface area contributed by atoms with Crippen molar-refractivity contribution < 1.29 is 64.9 Å². The Kier molecular flexibility index (Phi) is 10.8. The number of aliphatic hydroxyl groups is 9. The molecule has 3 aliphatic rings. The Bertz CT molecular complexity index is 756. The third kappa shape index (κ3) is 6.67. The molecule has 0 bridgehead atoms. The van der Waals surface area contributed by atoms with E-state index in [1.165, 1.54) is 6.08 Å². The maximum absolute atomic E-state index is 10.9. The van der Waals surface area contributed by atoms with Crippen LogP contribution in [0.5, 0.6) is 0 Å². The van der Waals surface area contributed by atoms with Gasteiger partial charge in [0.25, 0.3) is 0 Å². The van der Waals surface area contributed by atoms with Gasteiger partial charge < -0.3 is 70.2 Å². The van der Waals surface area contributed by atoms with E-state index in [9.17, 15) is 46.0 Å². The lowest BCUT2D eigenvalue weighted by Gasteiger charge is -2.46. The molecule has 14 unspecified atom stereocenters. The fraction of sp³-hybridized carbons (Fsp3) is 0.913. The summed E-state index contributed by atoms with van der Waals surface area (Å²) < 4.78 is 22.6. The molecule has 0 amide bonds. The van der Waals surface area contributed by atoms with E-state index >= 15 is 0 Å². The maximum Gasteiger partial charge on any atom is 0.186 e. The SMILES string of the molecule is CC(C)OC1OCC(CO)C(OC2OC(C)C(NC3C=C(CO)C(O)C(O)C3O)C(O)C2O)C(O)C1O. The zero-order valence-electron chi connectivity index (χ0n) is 21.0. The summed E-state index contributed by atoms with van der Waals surface area (Å²) >= 11 is 0. The topological polar surface area (TPSA) is 231 Å². The molecule has 0 saturated carbocycles. The van der Waals surface area contributed by atoms with Crippen LogP contribution in [-0.2, 0) is 18.9 Å². The lowest BCUT2D eigenvalue weighted by atomic mass is 9.86. The fourth-order valence-electron chi connectivity index (χ4n) is 4.87. The van der Waals surface area contributed by atoms with Crippen LogP contribution >= 0.6 is 0 Å². The summed E-state index contributed by atoms with van der Waals surface area (Å²) in [5.74, 6) is -0.822. The first-order chi connectivity index (χ1) is 17.4. The number of ether oxygens (including phenoxy) is 4. The lowest BCUT2D eigenvalue weighted by Crippen LogP contribution is -2.67. The van der Waals surface area contributed by atoms with Gasteiger partial charge in [-0.1, -0.05) is 6.08 Å². The van der Waals surface area contributed by atoms with Crippen molar-refractivity contribution in [3.05, 3.63) is 11.6 Å². The average molecular weight is 540 g/mol. The molecule has 0 aromatic carbocycles. The first kappa shape index (κ1) is 30.7. The van der Waals surface area contributed by atoms with Crippen molar-refractivity contribution in [2.45, 2.75) is 106 Å². The van der Waals surface area contributed by atoms with Gasteiger partial charge in [-0.05, 0) is 26.3 Å². The molecule has 0 aromatic heterocycles. The molecule has 14 nitrogen and oxygen atoms in total. The molecular formula is C23H41NO13. The molecule has 0 aromatic rings. The second-order valence-electron chi connectivity index (χ2n) is 10.1. The Morgan fingerprint density at radius 3 is 2.16 bits per heavy atom. The van der Waals surface area contributed by atoms with Gasteiger partial charge in [0, 0.05) is 5.92 Å². The van der Waals surface area contributed by atoms with E-state index in [-0.39, 0.29) is 18.3 Å². The Morgan fingerprint density at radius 2 is 1.57 bits per heavy atom. The monoisotopic (exact) mass is 539 g/mol. The van der Waals surface area contributed by atoms with Crippen LogP contribution in [0.3, 0.4) is 0 Å². The summed E-state index contributed by atoms with van der Waals surface area (Å²) in [7, 11) is 0. The predicted octanol–water partition coefficient (Wildman–Crippen LogP) is -4.71. The van der Waals surface area contributed by atoms with E-state index < -0.39 is 98.7 Å². The van der Waals surface area contributed by atoms with Crippen molar-refractivity contribution in [1.82, 2.24) is 5.32 Å². The second-order valence-corrected chi connectivity index (χ2v) is 10.1. The van der Waals surface area contributed by atoms with Crippen LogP contribution in [0.15, 0.2) is 11.6 Å². The number of hydrogen-bond donors (Lipinski definition) is 10. The van der Waals surface area contributed by atoms with Crippen molar-refractivity contribution >= 4 is 0 Å². The highest BCUT2D eigenvalue weighted by Crippen LogP contribution is 2.30. The first-order valence-corrected chi connectivity index (χ1v) is 12.4. The van der Waals surface area contributed by atoms with Crippen molar-refractivity contribution in [2.75, 3.05) is 19.8 Å². The second kappa shape index (κ2) is 13.0. The number of nitrogens with one attached hydrogen (secondary N) is 1. The maximum atomic E-state index is 10.9. The van der Waals surface area contributed by atoms with Gasteiger partial charge in [-0.2, -0.15) is 0 Å². The summed E-state index contributed by atoms with van der Waals surface area (Å²) in [6, 6.07) is -1.98. The summed E-state index contributed by atoms with van der Waals surface area (Å²) in [6.45, 7) is 3.82. The molecule has 2 aliphatic heterocycles. The number of rotatable bonds is 8. The highest BCUT2D eigenvalue weighted by Gasteiger charge is 2.49. The molecule has 2 fully saturated rings. The van der Waals surface area contributed by atoms with E-state index in [0.717, 1.165) is 0 Å². The Labute approximate surface area is 214 Å². The van der Waals surface area contributed by atoms with Crippen molar-refractivity contribution in [3.8, 4) is 0 Å². The molecule has 0 radical (unpaired) electrons. The summed E-state index contributed by atoms with van der Waals surface area (Å²) in [4.78, 5) is 0. The quantitative estimate of drug-likeness (QED) is 0.131. The molecular weight excluding hydrogens is 498 g/mol. The molecule has 0 spiro atoms. The van der Waals surface area contributed by atoms with E-state index in [1.54, 1.807) is 20.8 Å². The highest BCUT2D eigenvalue weighted by molar-refractivity contribution is 5.22. The molecule has 2 heterocycles. The molecule has 216 valence electrons. The number of hydrogen-bond acceptors (Lipinski definition) is 14. The molecule has 1 aliphatic carbocycles. The van der Waals surface area contributed by atoms with Gasteiger partial charge in [-0.15, -0.1) is 0 Å². The Morgan fingerprint density at radius 1 is 0.919 bits per heavy atom. The van der Waals surface area contributed by atoms with Gasteiger partial charge in [0.15, 0.2) is 12.6 Å². The number of aliphatic hydroxyl groups excluding tert-OH is 9. The van der Waals surface area contributed by atoms with Gasteiger partial charge in [-0.25, -0.2) is 0 Å². The standard InChI is InChI=1S/C23H41NO13/c1-8(2)35-22-20(33)18(31)21(11(6-26)7-34-22)37-23-19(32)16(29)13(9(3)36-23)24-12-4-10(5-25)14(27)17(30)15(12)28/h4,8-9,11-33H,5-7H2,1-3H3. The summed E-state index contributed by atoms with van der Waals surface area (Å²) in [5, 5.41) is 95.6. The zero-order valence-corrected chi connectivity index (χ0v) is 21.0. The van der Waals surface area contributed by atoms with Crippen LogP contribution in [0.2, 0.25) is 0 Å². The third-order valence-corrected chi connectivity index (χ3v) is 7.07. The molecule has 37 heavy (non-hydrogen) atoms. The van der Waals surface area contributed by atoms with Crippen LogP contribution in [0.4, 0.5) is 0 Å². The average Bonchev–Trinajstić information content (AvgIpc) is 2.96. The van der Waals surface area contributed by atoms with E-state index in [0.29, 0.717) is 0 Å². The first-order valence-electron chi connectivity index (χ1n) is 12.4. The van der Waals surface area contributed by atoms with E-state index in [2.05, 4.69) is 5.32 Å². The van der Waals surface area contributed by atoms with Gasteiger partial charge in [-0.3, -0.25) is 0 Å². The molecule has 10 N–H and O–H groups in total. The highest BCUT2D eigenvalue weighted by atomic mass is 16.7. The van der Waals surface area contributed by atoms with Crippen molar-refractivity contribution in [3.63, 3.8) is 0 Å². The van der Waals surface area contributed by atoms with Crippen LogP contribution in [-0.4, -0.2) is 151 Å². The van der Waals surface area contributed by atoms with Crippen LogP contribution in [0.1, 0.15) is 20.8 Å². The van der Waals surface area contributed by atoms with Gasteiger partial charge in [0.05, 0.1) is 50.2 Å². The van der Waals surface area contributed by atoms with Crippen LogP contribution in [0, 0.1) is 5.92 Å². The van der Waals surface area contributed by atoms with Gasteiger partial charge in [0.2, 0.25) is 0 Å². The molecule has 14 atom stereocenters. The molecule has 3 rings (SSSR count). The van der Waals surface area contributed by atoms with Crippen molar-refractivity contribution in [1.29, 1.82) is 0 Å². The molecule has 2 saturated heterocycles. The van der Waals surface area contributed by atoms with Crippen molar-refractivity contribution in [2.24, 2.45) is 5.92 Å². The minimum atomic E-state index is -1.66. The zero-order chi connectivity index (χ0) is 27.6. The van der Waals surface area contributed by atoms with Gasteiger partial charge in [0.1, 0.15) is 42.7 Å². The summed E-state index contributed by atoms with van der Waals surface area (Å²) in [6.07, 6.45) is -14.6. The normalized spacial score (nSPS) is 47.5. The largest absolute Gasteiger partial charge is 0.396 e. The van der Waals surface area contributed by atoms with Gasteiger partial charge >= 0.3 is 0 Å².